The molecular weight excluding hydrogens is 251 g/mol. The minimum Gasteiger partial charge on any atom is -0.461 e. The van der Waals surface area contributed by atoms with Crippen LogP contribution in [-0.4, -0.2) is 17.2 Å². The highest BCUT2D eigenvalue weighted by atomic mass is 35.5. The number of aliphatic hydroxyl groups is 1. The highest BCUT2D eigenvalue weighted by Gasteiger charge is 2.08. The van der Waals surface area contributed by atoms with Crippen molar-refractivity contribution in [3.63, 3.8) is 0 Å². The molecular formula is C11H12Cl2O3. The van der Waals surface area contributed by atoms with Crippen LogP contribution in [0.3, 0.4) is 0 Å². The molecule has 1 aromatic rings. The molecule has 0 saturated heterocycles. The van der Waals surface area contributed by atoms with E-state index in [1.165, 1.54) is 6.92 Å². The van der Waals surface area contributed by atoms with E-state index in [1.807, 2.05) is 0 Å². The van der Waals surface area contributed by atoms with Crippen LogP contribution in [0.4, 0.5) is 0 Å². The molecule has 0 bridgehead atoms. The standard InChI is InChI=1S/C11H12Cl2O3/c1-7(14)4-11(15)16-6-8-2-3-9(12)10(13)5-8/h2-3,5,7,14H,4,6H2,1H3. The van der Waals surface area contributed by atoms with Gasteiger partial charge in [0.05, 0.1) is 22.6 Å². The van der Waals surface area contributed by atoms with Gasteiger partial charge in [0.15, 0.2) is 0 Å². The molecule has 16 heavy (non-hydrogen) atoms. The van der Waals surface area contributed by atoms with Gasteiger partial charge < -0.3 is 9.84 Å². The maximum atomic E-state index is 11.1. The maximum absolute atomic E-state index is 11.1. The number of hydrogen-bond donors (Lipinski definition) is 1. The van der Waals surface area contributed by atoms with E-state index in [2.05, 4.69) is 0 Å². The molecule has 1 unspecified atom stereocenters. The van der Waals surface area contributed by atoms with Crippen LogP contribution in [0.15, 0.2) is 18.2 Å². The predicted molar refractivity (Wildman–Crippen MR) is 62.6 cm³/mol. The van der Waals surface area contributed by atoms with Crippen LogP contribution in [0.2, 0.25) is 10.0 Å². The number of benzene rings is 1. The largest absolute Gasteiger partial charge is 0.461 e. The fourth-order valence-corrected chi connectivity index (χ4v) is 1.41. The average molecular weight is 263 g/mol. The fraction of sp³-hybridized carbons (Fsp3) is 0.364. The zero-order chi connectivity index (χ0) is 12.1. The van der Waals surface area contributed by atoms with Crippen LogP contribution >= 0.6 is 23.2 Å². The molecule has 0 saturated carbocycles. The molecule has 1 N–H and O–H groups in total. The second-order valence-corrected chi connectivity index (χ2v) is 4.28. The van der Waals surface area contributed by atoms with Crippen molar-refractivity contribution in [1.29, 1.82) is 0 Å². The Kier molecular flexibility index (Phi) is 5.06. The van der Waals surface area contributed by atoms with E-state index >= 15 is 0 Å². The maximum Gasteiger partial charge on any atom is 0.308 e. The summed E-state index contributed by atoms with van der Waals surface area (Å²) in [6, 6.07) is 5.01. The number of aliphatic hydroxyl groups excluding tert-OH is 1. The molecule has 0 spiro atoms. The Bertz CT molecular complexity index is 377. The van der Waals surface area contributed by atoms with Gasteiger partial charge in [-0.15, -0.1) is 0 Å². The summed E-state index contributed by atoms with van der Waals surface area (Å²) in [4.78, 5) is 11.1. The van der Waals surface area contributed by atoms with Crippen molar-refractivity contribution in [2.75, 3.05) is 0 Å². The number of carbonyl (C=O) groups excluding carboxylic acids is 1. The lowest BCUT2D eigenvalue weighted by molar-refractivity contribution is -0.146. The lowest BCUT2D eigenvalue weighted by atomic mass is 10.2. The van der Waals surface area contributed by atoms with Gasteiger partial charge in [-0.3, -0.25) is 4.79 Å². The molecule has 0 aromatic heterocycles. The Morgan fingerprint density at radius 3 is 2.69 bits per heavy atom. The summed E-state index contributed by atoms with van der Waals surface area (Å²) in [7, 11) is 0. The second kappa shape index (κ2) is 6.09. The Morgan fingerprint density at radius 2 is 2.12 bits per heavy atom. The molecule has 88 valence electrons. The highest BCUT2D eigenvalue weighted by Crippen LogP contribution is 2.22. The van der Waals surface area contributed by atoms with E-state index in [0.29, 0.717) is 10.0 Å². The Morgan fingerprint density at radius 1 is 1.44 bits per heavy atom. The molecule has 0 heterocycles. The van der Waals surface area contributed by atoms with Gasteiger partial charge in [0.25, 0.3) is 0 Å². The number of hydrogen-bond acceptors (Lipinski definition) is 3. The average Bonchev–Trinajstić information content (AvgIpc) is 2.19. The highest BCUT2D eigenvalue weighted by molar-refractivity contribution is 6.42. The molecule has 1 rings (SSSR count). The SMILES string of the molecule is CC(O)CC(=O)OCc1ccc(Cl)c(Cl)c1. The Balaban J connectivity index is 2.48. The van der Waals surface area contributed by atoms with Crippen molar-refractivity contribution in [2.24, 2.45) is 0 Å². The van der Waals surface area contributed by atoms with Gasteiger partial charge in [-0.05, 0) is 24.6 Å². The van der Waals surface area contributed by atoms with Crippen LogP contribution in [-0.2, 0) is 16.1 Å². The van der Waals surface area contributed by atoms with Gasteiger partial charge in [0.1, 0.15) is 6.61 Å². The van der Waals surface area contributed by atoms with E-state index < -0.39 is 12.1 Å². The topological polar surface area (TPSA) is 46.5 Å². The van der Waals surface area contributed by atoms with E-state index in [0.717, 1.165) is 5.56 Å². The van der Waals surface area contributed by atoms with Crippen molar-refractivity contribution < 1.29 is 14.6 Å². The Labute approximate surface area is 104 Å². The first-order valence-corrected chi connectivity index (χ1v) is 5.52. The normalized spacial score (nSPS) is 12.2. The second-order valence-electron chi connectivity index (χ2n) is 3.46. The summed E-state index contributed by atoms with van der Waals surface area (Å²) in [6.07, 6.45) is -0.706. The van der Waals surface area contributed by atoms with Gasteiger partial charge in [-0.2, -0.15) is 0 Å². The van der Waals surface area contributed by atoms with Gasteiger partial charge in [-0.1, -0.05) is 29.3 Å². The van der Waals surface area contributed by atoms with Gasteiger partial charge in [0.2, 0.25) is 0 Å². The molecule has 0 aliphatic rings. The zero-order valence-electron chi connectivity index (χ0n) is 8.74. The third-order valence-corrected chi connectivity index (χ3v) is 2.58. The van der Waals surface area contributed by atoms with E-state index in [-0.39, 0.29) is 13.0 Å². The number of halogens is 2. The molecule has 0 aliphatic carbocycles. The number of carbonyl (C=O) groups is 1. The van der Waals surface area contributed by atoms with Crippen molar-refractivity contribution in [3.05, 3.63) is 33.8 Å². The van der Waals surface area contributed by atoms with Crippen LogP contribution in [0.5, 0.6) is 0 Å². The molecule has 1 aromatic carbocycles. The summed E-state index contributed by atoms with van der Waals surface area (Å²) >= 11 is 11.5. The molecule has 0 amide bonds. The van der Waals surface area contributed by atoms with Crippen LogP contribution < -0.4 is 0 Å². The quantitative estimate of drug-likeness (QED) is 0.849. The van der Waals surface area contributed by atoms with Crippen LogP contribution in [0.1, 0.15) is 18.9 Å². The molecule has 0 fully saturated rings. The van der Waals surface area contributed by atoms with E-state index in [1.54, 1.807) is 18.2 Å². The summed E-state index contributed by atoms with van der Waals surface area (Å²) in [5.74, 6) is -0.443. The third-order valence-electron chi connectivity index (χ3n) is 1.85. The van der Waals surface area contributed by atoms with E-state index in [4.69, 9.17) is 33.0 Å². The summed E-state index contributed by atoms with van der Waals surface area (Å²) < 4.78 is 4.93. The monoisotopic (exact) mass is 262 g/mol. The van der Waals surface area contributed by atoms with Crippen molar-refractivity contribution in [3.8, 4) is 0 Å². The summed E-state index contributed by atoms with van der Waals surface area (Å²) in [5.41, 5.74) is 0.758. The van der Waals surface area contributed by atoms with E-state index in [9.17, 15) is 4.79 Å². The lowest BCUT2D eigenvalue weighted by Crippen LogP contribution is -2.12. The van der Waals surface area contributed by atoms with Crippen LogP contribution in [0, 0.1) is 0 Å². The third kappa shape index (κ3) is 4.39. The molecule has 0 aliphatic heterocycles. The molecule has 3 nitrogen and oxygen atoms in total. The molecule has 1 atom stereocenters. The minimum atomic E-state index is -0.693. The summed E-state index contributed by atoms with van der Waals surface area (Å²) in [6.45, 7) is 1.66. The molecule has 0 radical (unpaired) electrons. The number of ether oxygens (including phenoxy) is 1. The zero-order valence-corrected chi connectivity index (χ0v) is 10.3. The number of rotatable bonds is 4. The van der Waals surface area contributed by atoms with Crippen molar-refractivity contribution >= 4 is 29.2 Å². The van der Waals surface area contributed by atoms with Crippen molar-refractivity contribution in [1.82, 2.24) is 0 Å². The lowest BCUT2D eigenvalue weighted by Gasteiger charge is -2.07. The van der Waals surface area contributed by atoms with Gasteiger partial charge in [0, 0.05) is 0 Å². The molecule has 5 heteroatoms. The van der Waals surface area contributed by atoms with Crippen LogP contribution in [0.25, 0.3) is 0 Å². The smallest absolute Gasteiger partial charge is 0.308 e. The first kappa shape index (κ1) is 13.3. The van der Waals surface area contributed by atoms with Gasteiger partial charge >= 0.3 is 5.97 Å². The predicted octanol–water partition coefficient (Wildman–Crippen LogP) is 2.81. The number of esters is 1. The first-order chi connectivity index (χ1) is 7.49. The minimum absolute atomic E-state index is 0.0126. The fourth-order valence-electron chi connectivity index (χ4n) is 1.09. The summed E-state index contributed by atoms with van der Waals surface area (Å²) in [5, 5.41) is 9.84. The Hall–Kier alpha value is -0.770. The van der Waals surface area contributed by atoms with Gasteiger partial charge in [-0.25, -0.2) is 0 Å². The van der Waals surface area contributed by atoms with Crippen molar-refractivity contribution in [2.45, 2.75) is 26.1 Å². The first-order valence-electron chi connectivity index (χ1n) is 4.76.